The molecule has 5 rings (SSSR count). The number of nitrogens with zero attached hydrogens (tertiary/aromatic N) is 5. The van der Waals surface area contributed by atoms with Crippen molar-refractivity contribution >= 4 is 41.1 Å². The minimum atomic E-state index is -0.841. The number of oxazole rings is 1. The van der Waals surface area contributed by atoms with Crippen molar-refractivity contribution in [3.05, 3.63) is 71.5 Å². The molecule has 0 aliphatic carbocycles. The number of tetrazole rings is 1. The van der Waals surface area contributed by atoms with Crippen molar-refractivity contribution in [3.8, 4) is 17.0 Å². The Kier molecular flexibility index (Phi) is 8.56. The third-order valence-corrected chi connectivity index (χ3v) is 6.63. The van der Waals surface area contributed by atoms with Crippen LogP contribution in [-0.4, -0.2) is 55.6 Å². The van der Waals surface area contributed by atoms with E-state index in [1.807, 2.05) is 0 Å². The Bertz CT molecular complexity index is 1560. The molecule has 0 saturated carbocycles. The van der Waals surface area contributed by atoms with Gasteiger partial charge in [-0.2, -0.15) is 4.68 Å². The highest BCUT2D eigenvalue weighted by Gasteiger charge is 2.22. The van der Waals surface area contributed by atoms with E-state index in [1.165, 1.54) is 24.2 Å². The summed E-state index contributed by atoms with van der Waals surface area (Å²) in [6, 6.07) is 9.76. The maximum Gasteiger partial charge on any atom is 0.411 e. The van der Waals surface area contributed by atoms with Gasteiger partial charge in [0.15, 0.2) is 5.76 Å². The van der Waals surface area contributed by atoms with E-state index in [4.69, 9.17) is 16.0 Å². The van der Waals surface area contributed by atoms with Crippen LogP contribution in [0.3, 0.4) is 0 Å². The SMILES string of the molecule is COC(=O)Nc1ccc2c(c1)NC(O)CCCC[C@H](NC(=O)/C=C/c1cc(Cl)ccc1-n1cnnn1)c1ncc-2o1. The van der Waals surface area contributed by atoms with Crippen LogP contribution in [0.15, 0.2) is 59.4 Å². The van der Waals surface area contributed by atoms with Crippen molar-refractivity contribution in [2.45, 2.75) is 38.0 Å². The molecule has 0 fully saturated rings. The Morgan fingerprint density at radius 3 is 2.88 bits per heavy atom. The highest BCUT2D eigenvalue weighted by Crippen LogP contribution is 2.34. The molecule has 0 radical (unpaired) electrons. The minimum absolute atomic E-state index is 0.350. The Balaban J connectivity index is 1.38. The lowest BCUT2D eigenvalue weighted by Gasteiger charge is -2.20. The van der Waals surface area contributed by atoms with Gasteiger partial charge in [0, 0.05) is 33.6 Å². The van der Waals surface area contributed by atoms with Crippen molar-refractivity contribution in [1.82, 2.24) is 30.5 Å². The number of fused-ring (bicyclic) bond motifs is 4. The maximum atomic E-state index is 13.0. The number of amides is 2. The van der Waals surface area contributed by atoms with Gasteiger partial charge in [-0.1, -0.05) is 18.0 Å². The van der Waals surface area contributed by atoms with Crippen LogP contribution in [0.25, 0.3) is 23.1 Å². The lowest BCUT2D eigenvalue weighted by atomic mass is 10.1. The van der Waals surface area contributed by atoms with Gasteiger partial charge in [0.05, 0.1) is 19.0 Å². The second-order valence-electron chi connectivity index (χ2n) is 9.24. The van der Waals surface area contributed by atoms with Gasteiger partial charge in [0.1, 0.15) is 18.6 Å². The molecule has 41 heavy (non-hydrogen) atoms. The standard InChI is InChI=1S/C27H27ClN8O5/c1-40-27(39)31-18-8-9-19-21(13-18)33-24(37)5-3-2-4-20(26-29-14-23(19)41-26)32-25(38)11-6-16-12-17(28)7-10-22(16)36-15-30-34-35-36/h6-15,20,24,33,37H,2-5H2,1H3,(H,31,39)(H,32,38)/b11-6+/t20-,24?/m0/s1. The number of aromatic nitrogens is 5. The number of carbonyl (C=O) groups is 2. The van der Waals surface area contributed by atoms with Crippen LogP contribution < -0.4 is 16.0 Å². The first-order chi connectivity index (χ1) is 19.9. The molecule has 13 nitrogen and oxygen atoms in total. The Morgan fingerprint density at radius 1 is 1.22 bits per heavy atom. The van der Waals surface area contributed by atoms with E-state index in [9.17, 15) is 14.7 Å². The van der Waals surface area contributed by atoms with Gasteiger partial charge < -0.3 is 24.9 Å². The summed E-state index contributed by atoms with van der Waals surface area (Å²) >= 11 is 6.18. The molecule has 2 aromatic carbocycles. The zero-order chi connectivity index (χ0) is 28.8. The van der Waals surface area contributed by atoms with Crippen LogP contribution in [0, 0.1) is 0 Å². The highest BCUT2D eigenvalue weighted by molar-refractivity contribution is 6.30. The molecule has 4 aromatic rings. The van der Waals surface area contributed by atoms with E-state index in [0.29, 0.717) is 70.5 Å². The molecule has 212 valence electrons. The second-order valence-corrected chi connectivity index (χ2v) is 9.67. The van der Waals surface area contributed by atoms with E-state index >= 15 is 0 Å². The van der Waals surface area contributed by atoms with E-state index in [0.717, 1.165) is 0 Å². The predicted octanol–water partition coefficient (Wildman–Crippen LogP) is 4.32. The molecule has 1 aliphatic rings. The summed E-state index contributed by atoms with van der Waals surface area (Å²) in [5, 5.41) is 31.0. The van der Waals surface area contributed by atoms with Crippen LogP contribution in [-0.2, 0) is 9.53 Å². The fourth-order valence-corrected chi connectivity index (χ4v) is 4.60. The van der Waals surface area contributed by atoms with Gasteiger partial charge in [-0.05, 0) is 72.2 Å². The van der Waals surface area contributed by atoms with Crippen molar-refractivity contribution in [2.75, 3.05) is 17.7 Å². The number of benzene rings is 2. The van der Waals surface area contributed by atoms with Gasteiger partial charge in [-0.3, -0.25) is 10.1 Å². The molecular formula is C27H27ClN8O5. The second kappa shape index (κ2) is 12.6. The van der Waals surface area contributed by atoms with Crippen molar-refractivity contribution in [3.63, 3.8) is 0 Å². The fraction of sp³-hybridized carbons (Fsp3) is 0.259. The Morgan fingerprint density at radius 2 is 2.07 bits per heavy atom. The van der Waals surface area contributed by atoms with Gasteiger partial charge in [-0.15, -0.1) is 5.10 Å². The monoisotopic (exact) mass is 578 g/mol. The fourth-order valence-electron chi connectivity index (χ4n) is 4.42. The van der Waals surface area contributed by atoms with E-state index in [2.05, 4.69) is 41.2 Å². The molecule has 14 heteroatoms. The molecule has 2 atom stereocenters. The van der Waals surface area contributed by atoms with Gasteiger partial charge in [0.2, 0.25) is 11.8 Å². The molecule has 4 N–H and O–H groups in total. The van der Waals surface area contributed by atoms with Gasteiger partial charge >= 0.3 is 6.09 Å². The lowest BCUT2D eigenvalue weighted by Crippen LogP contribution is -2.27. The number of carbonyl (C=O) groups excluding carboxylic acids is 2. The summed E-state index contributed by atoms with van der Waals surface area (Å²) in [5.41, 5.74) is 2.94. The largest absolute Gasteiger partial charge is 0.453 e. The smallest absolute Gasteiger partial charge is 0.411 e. The number of hydrogen-bond donors (Lipinski definition) is 4. The normalized spacial score (nSPS) is 17.0. The topological polar surface area (TPSA) is 169 Å². The number of hydrogen-bond acceptors (Lipinski definition) is 10. The summed E-state index contributed by atoms with van der Waals surface area (Å²) < 4.78 is 12.2. The highest BCUT2D eigenvalue weighted by atomic mass is 35.5. The van der Waals surface area contributed by atoms with Crippen molar-refractivity contribution in [2.24, 2.45) is 0 Å². The number of rotatable bonds is 5. The number of anilines is 2. The number of nitrogens with one attached hydrogen (secondary N) is 3. The average molecular weight is 579 g/mol. The Hall–Kier alpha value is -4.75. The zero-order valence-electron chi connectivity index (χ0n) is 22.0. The van der Waals surface area contributed by atoms with Crippen LogP contribution in [0.4, 0.5) is 16.2 Å². The molecule has 0 saturated heterocycles. The van der Waals surface area contributed by atoms with Crippen LogP contribution in [0.5, 0.6) is 0 Å². The van der Waals surface area contributed by atoms with Crippen LogP contribution >= 0.6 is 11.6 Å². The van der Waals surface area contributed by atoms with E-state index in [-0.39, 0.29) is 5.91 Å². The first-order valence-electron chi connectivity index (χ1n) is 12.8. The first-order valence-corrected chi connectivity index (χ1v) is 13.2. The maximum absolute atomic E-state index is 13.0. The van der Waals surface area contributed by atoms with Crippen LogP contribution in [0.1, 0.15) is 43.2 Å². The summed E-state index contributed by atoms with van der Waals surface area (Å²) in [7, 11) is 1.28. The molecule has 2 aromatic heterocycles. The number of halogens is 1. The summed E-state index contributed by atoms with van der Waals surface area (Å²) in [6.45, 7) is 0. The number of aliphatic hydroxyl groups excluding tert-OH is 1. The molecule has 0 spiro atoms. The third-order valence-electron chi connectivity index (χ3n) is 6.40. The van der Waals surface area contributed by atoms with Crippen molar-refractivity contribution < 1.29 is 23.8 Å². The number of aliphatic hydroxyl groups is 1. The molecule has 1 unspecified atom stereocenters. The first kappa shape index (κ1) is 27.8. The summed E-state index contributed by atoms with van der Waals surface area (Å²) in [6.07, 6.45) is 6.98. The van der Waals surface area contributed by atoms with Crippen molar-refractivity contribution in [1.29, 1.82) is 0 Å². The summed E-state index contributed by atoms with van der Waals surface area (Å²) in [5.74, 6) is 0.424. The molecule has 2 bridgehead atoms. The molecule has 1 aliphatic heterocycles. The van der Waals surface area contributed by atoms with E-state index in [1.54, 1.807) is 48.7 Å². The number of ether oxygens (including phenoxy) is 1. The van der Waals surface area contributed by atoms with E-state index < -0.39 is 18.4 Å². The minimum Gasteiger partial charge on any atom is -0.453 e. The van der Waals surface area contributed by atoms with Gasteiger partial charge in [0.25, 0.3) is 0 Å². The zero-order valence-corrected chi connectivity index (χ0v) is 22.7. The number of methoxy groups -OCH3 is 1. The van der Waals surface area contributed by atoms with Crippen LogP contribution in [0.2, 0.25) is 5.02 Å². The lowest BCUT2D eigenvalue weighted by molar-refractivity contribution is -0.117. The summed E-state index contributed by atoms with van der Waals surface area (Å²) in [4.78, 5) is 29.1. The molecule has 3 heterocycles. The van der Waals surface area contributed by atoms with Gasteiger partial charge in [-0.25, -0.2) is 9.78 Å². The predicted molar refractivity (Wildman–Crippen MR) is 150 cm³/mol. The molecular weight excluding hydrogens is 552 g/mol. The Labute approximate surface area is 239 Å². The quantitative estimate of drug-likeness (QED) is 0.250. The third kappa shape index (κ3) is 6.88. The molecule has 2 amide bonds. The average Bonchev–Trinajstić information content (AvgIpc) is 3.66.